The molecular formula is C22H30N2O3S. The molecule has 0 aliphatic carbocycles. The van der Waals surface area contributed by atoms with Crippen LogP contribution in [0.3, 0.4) is 0 Å². The first-order valence-electron chi connectivity index (χ1n) is 9.46. The number of amides is 1. The molecule has 28 heavy (non-hydrogen) atoms. The van der Waals surface area contributed by atoms with E-state index in [4.69, 9.17) is 0 Å². The van der Waals surface area contributed by atoms with Crippen LogP contribution in [0.25, 0.3) is 0 Å². The molecule has 0 heterocycles. The molecule has 0 bridgehead atoms. The molecule has 2 aromatic rings. The summed E-state index contributed by atoms with van der Waals surface area (Å²) in [5, 5.41) is 2.93. The van der Waals surface area contributed by atoms with E-state index in [1.807, 2.05) is 58.0 Å². The summed E-state index contributed by atoms with van der Waals surface area (Å²) in [6.07, 6.45) is 2.78. The molecule has 1 atom stereocenters. The van der Waals surface area contributed by atoms with E-state index in [0.29, 0.717) is 5.69 Å². The van der Waals surface area contributed by atoms with Crippen molar-refractivity contribution < 1.29 is 13.2 Å². The van der Waals surface area contributed by atoms with Gasteiger partial charge in [-0.15, -0.1) is 0 Å². The fraction of sp³-hybridized carbons (Fsp3) is 0.409. The lowest BCUT2D eigenvalue weighted by Crippen LogP contribution is -2.43. The standard InChI is InChI=1S/C22H30N2O3S/c1-16-13-17(2)22(18(3)14-16)24(28(5,26)27)15-21(25)23-19(4)11-12-20-9-7-6-8-10-20/h6-10,13-14,19H,11-12,15H2,1-5H3,(H,23,25). The molecule has 152 valence electrons. The second-order valence-corrected chi connectivity index (χ2v) is 9.42. The minimum atomic E-state index is -3.59. The average Bonchev–Trinajstić information content (AvgIpc) is 2.58. The predicted molar refractivity (Wildman–Crippen MR) is 115 cm³/mol. The van der Waals surface area contributed by atoms with Gasteiger partial charge in [0.25, 0.3) is 0 Å². The summed E-state index contributed by atoms with van der Waals surface area (Å²) in [5.74, 6) is -0.301. The predicted octanol–water partition coefficient (Wildman–Crippen LogP) is 3.52. The SMILES string of the molecule is Cc1cc(C)c(N(CC(=O)NC(C)CCc2ccccc2)S(C)(=O)=O)c(C)c1. The Morgan fingerprint density at radius 3 is 2.18 bits per heavy atom. The summed E-state index contributed by atoms with van der Waals surface area (Å²) >= 11 is 0. The van der Waals surface area contributed by atoms with Crippen LogP contribution in [0.1, 0.15) is 35.6 Å². The second kappa shape index (κ2) is 9.24. The molecule has 0 radical (unpaired) electrons. The quantitative estimate of drug-likeness (QED) is 0.735. The highest BCUT2D eigenvalue weighted by Crippen LogP contribution is 2.28. The van der Waals surface area contributed by atoms with Gasteiger partial charge in [-0.2, -0.15) is 0 Å². The molecule has 0 saturated heterocycles. The van der Waals surface area contributed by atoms with E-state index in [9.17, 15) is 13.2 Å². The normalized spacial score (nSPS) is 12.5. The van der Waals surface area contributed by atoms with Gasteiger partial charge in [0.1, 0.15) is 6.54 Å². The number of carbonyl (C=O) groups excluding carboxylic acids is 1. The minimum absolute atomic E-state index is 0.0469. The first kappa shape index (κ1) is 22.0. The zero-order chi connectivity index (χ0) is 20.9. The molecule has 1 unspecified atom stereocenters. The maximum absolute atomic E-state index is 12.6. The maximum Gasteiger partial charge on any atom is 0.240 e. The van der Waals surface area contributed by atoms with Crippen molar-refractivity contribution >= 4 is 21.6 Å². The van der Waals surface area contributed by atoms with Crippen molar-refractivity contribution in [3.63, 3.8) is 0 Å². The Morgan fingerprint density at radius 2 is 1.64 bits per heavy atom. The average molecular weight is 403 g/mol. The summed E-state index contributed by atoms with van der Waals surface area (Å²) in [6, 6.07) is 13.9. The van der Waals surface area contributed by atoms with Gasteiger partial charge in [-0.3, -0.25) is 9.10 Å². The van der Waals surface area contributed by atoms with E-state index in [2.05, 4.69) is 17.4 Å². The van der Waals surface area contributed by atoms with Crippen LogP contribution in [0.4, 0.5) is 5.69 Å². The number of benzene rings is 2. The molecule has 1 N–H and O–H groups in total. The lowest BCUT2D eigenvalue weighted by Gasteiger charge is -2.26. The number of hydrogen-bond acceptors (Lipinski definition) is 3. The van der Waals surface area contributed by atoms with E-state index in [1.165, 1.54) is 9.87 Å². The topological polar surface area (TPSA) is 66.5 Å². The van der Waals surface area contributed by atoms with E-state index < -0.39 is 10.0 Å². The summed E-state index contributed by atoms with van der Waals surface area (Å²) in [4.78, 5) is 12.6. The highest BCUT2D eigenvalue weighted by atomic mass is 32.2. The largest absolute Gasteiger partial charge is 0.352 e. The summed E-state index contributed by atoms with van der Waals surface area (Å²) < 4.78 is 26.0. The summed E-state index contributed by atoms with van der Waals surface area (Å²) in [6.45, 7) is 7.42. The van der Waals surface area contributed by atoms with Crippen LogP contribution in [-0.2, 0) is 21.2 Å². The molecule has 5 nitrogen and oxygen atoms in total. The van der Waals surface area contributed by atoms with Gasteiger partial charge in [-0.25, -0.2) is 8.42 Å². The van der Waals surface area contributed by atoms with Crippen molar-refractivity contribution in [3.05, 3.63) is 64.7 Å². The number of hydrogen-bond donors (Lipinski definition) is 1. The first-order chi connectivity index (χ1) is 13.1. The van der Waals surface area contributed by atoms with Crippen LogP contribution in [0, 0.1) is 20.8 Å². The van der Waals surface area contributed by atoms with Crippen molar-refractivity contribution in [3.8, 4) is 0 Å². The Kier molecular flexibility index (Phi) is 7.24. The van der Waals surface area contributed by atoms with E-state index in [-0.39, 0.29) is 18.5 Å². The third-order valence-corrected chi connectivity index (χ3v) is 5.80. The van der Waals surface area contributed by atoms with Gasteiger partial charge in [0.15, 0.2) is 0 Å². The molecule has 0 aromatic heterocycles. The van der Waals surface area contributed by atoms with E-state index >= 15 is 0 Å². The Labute approximate surface area is 168 Å². The number of nitrogens with one attached hydrogen (secondary N) is 1. The highest BCUT2D eigenvalue weighted by molar-refractivity contribution is 7.92. The number of sulfonamides is 1. The molecule has 6 heteroatoms. The third-order valence-electron chi connectivity index (χ3n) is 4.69. The lowest BCUT2D eigenvalue weighted by molar-refractivity contribution is -0.120. The van der Waals surface area contributed by atoms with Crippen molar-refractivity contribution in [2.45, 2.75) is 46.6 Å². The van der Waals surface area contributed by atoms with Crippen LogP contribution >= 0.6 is 0 Å². The Balaban J connectivity index is 2.08. The van der Waals surface area contributed by atoms with Crippen molar-refractivity contribution in [1.29, 1.82) is 0 Å². The van der Waals surface area contributed by atoms with Gasteiger partial charge in [-0.1, -0.05) is 48.0 Å². The third kappa shape index (κ3) is 6.09. The van der Waals surface area contributed by atoms with E-state index in [1.54, 1.807) is 0 Å². The van der Waals surface area contributed by atoms with Crippen LogP contribution in [-0.4, -0.2) is 33.2 Å². The van der Waals surface area contributed by atoms with Gasteiger partial charge < -0.3 is 5.32 Å². The van der Waals surface area contributed by atoms with Crippen LogP contribution in [0.15, 0.2) is 42.5 Å². The number of nitrogens with zero attached hydrogens (tertiary/aromatic N) is 1. The van der Waals surface area contributed by atoms with Crippen LogP contribution < -0.4 is 9.62 Å². The van der Waals surface area contributed by atoms with Crippen molar-refractivity contribution in [1.82, 2.24) is 5.32 Å². The van der Waals surface area contributed by atoms with Crippen LogP contribution in [0.2, 0.25) is 0 Å². The molecule has 0 aliphatic heterocycles. The highest BCUT2D eigenvalue weighted by Gasteiger charge is 2.24. The smallest absolute Gasteiger partial charge is 0.240 e. The van der Waals surface area contributed by atoms with E-state index in [0.717, 1.165) is 35.8 Å². The Bertz CT molecular complexity index is 901. The second-order valence-electron chi connectivity index (χ2n) is 7.51. The zero-order valence-corrected chi connectivity index (χ0v) is 18.1. The van der Waals surface area contributed by atoms with Gasteiger partial charge in [0, 0.05) is 6.04 Å². The molecule has 0 aliphatic rings. The minimum Gasteiger partial charge on any atom is -0.352 e. The van der Waals surface area contributed by atoms with Crippen molar-refractivity contribution in [2.24, 2.45) is 0 Å². The monoisotopic (exact) mass is 402 g/mol. The van der Waals surface area contributed by atoms with Gasteiger partial charge in [-0.05, 0) is 57.2 Å². The van der Waals surface area contributed by atoms with Gasteiger partial charge in [0.05, 0.1) is 11.9 Å². The van der Waals surface area contributed by atoms with Gasteiger partial charge in [0.2, 0.25) is 15.9 Å². The van der Waals surface area contributed by atoms with Gasteiger partial charge >= 0.3 is 0 Å². The Morgan fingerprint density at radius 1 is 1.07 bits per heavy atom. The Hall–Kier alpha value is -2.34. The molecular weight excluding hydrogens is 372 g/mol. The lowest BCUT2D eigenvalue weighted by atomic mass is 10.0. The fourth-order valence-corrected chi connectivity index (χ4v) is 4.45. The zero-order valence-electron chi connectivity index (χ0n) is 17.3. The molecule has 0 fully saturated rings. The molecule has 1 amide bonds. The number of anilines is 1. The summed E-state index contributed by atoms with van der Waals surface area (Å²) in [5.41, 5.74) is 4.54. The number of carbonyl (C=O) groups is 1. The van der Waals surface area contributed by atoms with Crippen LogP contribution in [0.5, 0.6) is 0 Å². The molecule has 0 spiro atoms. The van der Waals surface area contributed by atoms with Crippen molar-refractivity contribution in [2.75, 3.05) is 17.1 Å². The summed E-state index contributed by atoms with van der Waals surface area (Å²) in [7, 11) is -3.59. The number of rotatable bonds is 8. The molecule has 0 saturated carbocycles. The molecule has 2 rings (SSSR count). The first-order valence-corrected chi connectivity index (χ1v) is 11.3. The molecule has 2 aromatic carbocycles. The number of aryl methyl sites for hydroxylation is 4. The fourth-order valence-electron chi connectivity index (χ4n) is 3.48. The maximum atomic E-state index is 12.6.